The second kappa shape index (κ2) is 5.33. The molecule has 0 aliphatic heterocycles. The highest BCUT2D eigenvalue weighted by Crippen LogP contribution is 2.53. The van der Waals surface area contributed by atoms with E-state index in [4.69, 9.17) is 28.3 Å². The van der Waals surface area contributed by atoms with E-state index in [1.54, 1.807) is 6.07 Å². The first-order valence-corrected chi connectivity index (χ1v) is 6.66. The predicted molar refractivity (Wildman–Crippen MR) is 73.3 cm³/mol. The standard InChI is InChI=1S/C14H14Cl2O2/c1-2-8(6-14(17)18)10-7-11(10)9-3-4-12(15)13(16)5-9/h3-6,10-11H,2,7H2,1H3,(H,17,18). The van der Waals surface area contributed by atoms with Gasteiger partial charge in [-0.05, 0) is 42.4 Å². The van der Waals surface area contributed by atoms with E-state index in [1.807, 2.05) is 19.1 Å². The van der Waals surface area contributed by atoms with Gasteiger partial charge in [0.1, 0.15) is 0 Å². The number of allylic oxidation sites excluding steroid dienone is 1. The first kappa shape index (κ1) is 13.4. The van der Waals surface area contributed by atoms with Crippen molar-refractivity contribution >= 4 is 29.2 Å². The number of hydrogen-bond acceptors (Lipinski definition) is 1. The summed E-state index contributed by atoms with van der Waals surface area (Å²) in [5.41, 5.74) is 2.14. The Balaban J connectivity index is 2.15. The molecular weight excluding hydrogens is 271 g/mol. The molecule has 1 aromatic rings. The minimum Gasteiger partial charge on any atom is -0.478 e. The topological polar surface area (TPSA) is 37.3 Å². The predicted octanol–water partition coefficient (Wildman–Crippen LogP) is 4.52. The molecule has 1 N–H and O–H groups in total. The van der Waals surface area contributed by atoms with Gasteiger partial charge in [-0.1, -0.05) is 41.8 Å². The fourth-order valence-electron chi connectivity index (χ4n) is 2.35. The molecule has 0 radical (unpaired) electrons. The monoisotopic (exact) mass is 284 g/mol. The van der Waals surface area contributed by atoms with Crippen molar-refractivity contribution in [2.45, 2.75) is 25.7 Å². The molecule has 0 spiro atoms. The van der Waals surface area contributed by atoms with E-state index in [-0.39, 0.29) is 0 Å². The van der Waals surface area contributed by atoms with E-state index < -0.39 is 5.97 Å². The Kier molecular flexibility index (Phi) is 3.98. The second-order valence-electron chi connectivity index (χ2n) is 4.53. The van der Waals surface area contributed by atoms with Crippen molar-refractivity contribution in [3.05, 3.63) is 45.5 Å². The third kappa shape index (κ3) is 2.88. The van der Waals surface area contributed by atoms with Gasteiger partial charge >= 0.3 is 5.97 Å². The molecule has 1 aromatic carbocycles. The Labute approximate surface area is 116 Å². The maximum atomic E-state index is 10.7. The summed E-state index contributed by atoms with van der Waals surface area (Å²) >= 11 is 11.9. The van der Waals surface area contributed by atoms with Crippen LogP contribution < -0.4 is 0 Å². The molecule has 18 heavy (non-hydrogen) atoms. The van der Waals surface area contributed by atoms with Gasteiger partial charge in [0.25, 0.3) is 0 Å². The van der Waals surface area contributed by atoms with E-state index in [0.717, 1.165) is 24.0 Å². The fraction of sp³-hybridized carbons (Fsp3) is 0.357. The van der Waals surface area contributed by atoms with E-state index in [0.29, 0.717) is 21.9 Å². The van der Waals surface area contributed by atoms with Gasteiger partial charge in [0.2, 0.25) is 0 Å². The molecule has 96 valence electrons. The smallest absolute Gasteiger partial charge is 0.328 e. The average molecular weight is 285 g/mol. The molecular formula is C14H14Cl2O2. The lowest BCUT2D eigenvalue weighted by atomic mass is 10.0. The third-order valence-electron chi connectivity index (χ3n) is 3.36. The highest BCUT2D eigenvalue weighted by molar-refractivity contribution is 6.42. The number of carboxylic acids is 1. The molecule has 0 amide bonds. The van der Waals surface area contributed by atoms with E-state index in [9.17, 15) is 4.79 Å². The van der Waals surface area contributed by atoms with Crippen molar-refractivity contribution in [1.82, 2.24) is 0 Å². The quantitative estimate of drug-likeness (QED) is 0.826. The molecule has 0 bridgehead atoms. The van der Waals surface area contributed by atoms with Crippen molar-refractivity contribution in [3.8, 4) is 0 Å². The van der Waals surface area contributed by atoms with Crippen molar-refractivity contribution < 1.29 is 9.90 Å². The Morgan fingerprint density at radius 3 is 2.72 bits per heavy atom. The zero-order valence-electron chi connectivity index (χ0n) is 9.99. The van der Waals surface area contributed by atoms with Gasteiger partial charge in [-0.3, -0.25) is 0 Å². The average Bonchev–Trinajstić information content (AvgIpc) is 3.09. The molecule has 2 nitrogen and oxygen atoms in total. The van der Waals surface area contributed by atoms with Crippen molar-refractivity contribution in [2.24, 2.45) is 5.92 Å². The van der Waals surface area contributed by atoms with Gasteiger partial charge < -0.3 is 5.11 Å². The molecule has 1 saturated carbocycles. The minimum atomic E-state index is -0.869. The highest BCUT2D eigenvalue weighted by Gasteiger charge is 2.40. The molecule has 0 heterocycles. The van der Waals surface area contributed by atoms with Gasteiger partial charge in [0.15, 0.2) is 0 Å². The van der Waals surface area contributed by atoms with E-state index >= 15 is 0 Å². The lowest BCUT2D eigenvalue weighted by molar-refractivity contribution is -0.131. The molecule has 2 unspecified atom stereocenters. The van der Waals surface area contributed by atoms with Crippen LogP contribution in [0.25, 0.3) is 0 Å². The van der Waals surface area contributed by atoms with Gasteiger partial charge in [-0.15, -0.1) is 0 Å². The molecule has 1 aliphatic carbocycles. The van der Waals surface area contributed by atoms with Gasteiger partial charge in [-0.2, -0.15) is 0 Å². The summed E-state index contributed by atoms with van der Waals surface area (Å²) < 4.78 is 0. The molecule has 1 aliphatic rings. The Bertz CT molecular complexity index is 509. The van der Waals surface area contributed by atoms with Gasteiger partial charge in [0, 0.05) is 6.08 Å². The number of aliphatic carboxylic acids is 1. The zero-order valence-corrected chi connectivity index (χ0v) is 11.5. The number of carbonyl (C=O) groups is 1. The molecule has 2 atom stereocenters. The van der Waals surface area contributed by atoms with Crippen LogP contribution in [-0.2, 0) is 4.79 Å². The van der Waals surface area contributed by atoms with Crippen LogP contribution in [0, 0.1) is 5.92 Å². The van der Waals surface area contributed by atoms with Crippen LogP contribution in [0.15, 0.2) is 29.8 Å². The number of hydrogen-bond donors (Lipinski definition) is 1. The summed E-state index contributed by atoms with van der Waals surface area (Å²) in [6, 6.07) is 5.64. The highest BCUT2D eigenvalue weighted by atomic mass is 35.5. The van der Waals surface area contributed by atoms with E-state index in [1.165, 1.54) is 6.08 Å². The molecule has 4 heteroatoms. The number of carboxylic acid groups (broad SMARTS) is 1. The number of rotatable bonds is 4. The zero-order chi connectivity index (χ0) is 13.3. The van der Waals surface area contributed by atoms with Gasteiger partial charge in [0.05, 0.1) is 10.0 Å². The maximum absolute atomic E-state index is 10.7. The lowest BCUT2D eigenvalue weighted by Gasteiger charge is -2.05. The van der Waals surface area contributed by atoms with Crippen molar-refractivity contribution in [2.75, 3.05) is 0 Å². The molecule has 0 saturated heterocycles. The summed E-state index contributed by atoms with van der Waals surface area (Å²) in [6.07, 6.45) is 3.10. The van der Waals surface area contributed by atoms with Crippen LogP contribution in [0.3, 0.4) is 0 Å². The first-order valence-electron chi connectivity index (χ1n) is 5.91. The number of benzene rings is 1. The largest absolute Gasteiger partial charge is 0.478 e. The summed E-state index contributed by atoms with van der Waals surface area (Å²) in [7, 11) is 0. The number of halogens is 2. The van der Waals surface area contributed by atoms with Crippen LogP contribution in [-0.4, -0.2) is 11.1 Å². The Hall–Kier alpha value is -0.990. The lowest BCUT2D eigenvalue weighted by Crippen LogP contribution is -1.95. The summed E-state index contributed by atoms with van der Waals surface area (Å²) in [4.78, 5) is 10.7. The fourth-order valence-corrected chi connectivity index (χ4v) is 2.65. The Morgan fingerprint density at radius 1 is 1.44 bits per heavy atom. The first-order chi connectivity index (χ1) is 8.52. The summed E-state index contributed by atoms with van der Waals surface area (Å²) in [5, 5.41) is 9.92. The SMILES string of the molecule is CCC(=CC(=O)O)C1CC1c1ccc(Cl)c(Cl)c1. The minimum absolute atomic E-state index is 0.336. The van der Waals surface area contributed by atoms with Crippen LogP contribution >= 0.6 is 23.2 Å². The maximum Gasteiger partial charge on any atom is 0.328 e. The van der Waals surface area contributed by atoms with E-state index in [2.05, 4.69) is 0 Å². The Morgan fingerprint density at radius 2 is 2.17 bits per heavy atom. The normalized spacial score (nSPS) is 22.9. The molecule has 1 fully saturated rings. The second-order valence-corrected chi connectivity index (χ2v) is 5.35. The van der Waals surface area contributed by atoms with Crippen LogP contribution in [0.4, 0.5) is 0 Å². The summed E-state index contributed by atoms with van der Waals surface area (Å²) in [5.74, 6) is -0.153. The van der Waals surface area contributed by atoms with Crippen LogP contribution in [0.1, 0.15) is 31.2 Å². The third-order valence-corrected chi connectivity index (χ3v) is 4.09. The van der Waals surface area contributed by atoms with Crippen molar-refractivity contribution in [1.29, 1.82) is 0 Å². The summed E-state index contributed by atoms with van der Waals surface area (Å²) in [6.45, 7) is 1.99. The molecule has 2 rings (SSSR count). The van der Waals surface area contributed by atoms with Crippen LogP contribution in [0.5, 0.6) is 0 Å². The molecule has 0 aromatic heterocycles. The van der Waals surface area contributed by atoms with Crippen molar-refractivity contribution in [3.63, 3.8) is 0 Å². The van der Waals surface area contributed by atoms with Crippen LogP contribution in [0.2, 0.25) is 10.0 Å². The van der Waals surface area contributed by atoms with Gasteiger partial charge in [-0.25, -0.2) is 4.79 Å².